The SMILES string of the molecule is Cc1nccn2c(C(=O)O)ccc12. The Balaban J connectivity index is 2.83. The first kappa shape index (κ1) is 7.79. The molecule has 2 aromatic heterocycles. The third-order valence-corrected chi connectivity index (χ3v) is 1.99. The summed E-state index contributed by atoms with van der Waals surface area (Å²) in [6.07, 6.45) is 3.24. The molecule has 1 N–H and O–H groups in total. The minimum Gasteiger partial charge on any atom is -0.477 e. The van der Waals surface area contributed by atoms with Gasteiger partial charge in [-0.3, -0.25) is 4.98 Å². The molecule has 0 atom stereocenters. The first-order valence-corrected chi connectivity index (χ1v) is 3.86. The van der Waals surface area contributed by atoms with Gasteiger partial charge >= 0.3 is 5.97 Å². The maximum absolute atomic E-state index is 10.7. The van der Waals surface area contributed by atoms with Crippen LogP contribution in [-0.4, -0.2) is 20.5 Å². The van der Waals surface area contributed by atoms with Crippen molar-refractivity contribution in [1.29, 1.82) is 0 Å². The van der Waals surface area contributed by atoms with Crippen LogP contribution in [0.5, 0.6) is 0 Å². The van der Waals surface area contributed by atoms with Crippen molar-refractivity contribution >= 4 is 11.5 Å². The highest BCUT2D eigenvalue weighted by Gasteiger charge is 2.09. The van der Waals surface area contributed by atoms with Gasteiger partial charge in [-0.1, -0.05) is 0 Å². The van der Waals surface area contributed by atoms with E-state index in [1.165, 1.54) is 0 Å². The summed E-state index contributed by atoms with van der Waals surface area (Å²) in [7, 11) is 0. The van der Waals surface area contributed by atoms with Crippen molar-refractivity contribution in [2.75, 3.05) is 0 Å². The highest BCUT2D eigenvalue weighted by atomic mass is 16.4. The molecule has 4 heteroatoms. The fourth-order valence-corrected chi connectivity index (χ4v) is 1.36. The Kier molecular flexibility index (Phi) is 1.55. The minimum atomic E-state index is -0.925. The molecular weight excluding hydrogens is 168 g/mol. The monoisotopic (exact) mass is 176 g/mol. The van der Waals surface area contributed by atoms with Gasteiger partial charge in [0.15, 0.2) is 0 Å². The number of hydrogen-bond acceptors (Lipinski definition) is 2. The average molecular weight is 176 g/mol. The zero-order valence-electron chi connectivity index (χ0n) is 7.06. The summed E-state index contributed by atoms with van der Waals surface area (Å²) in [5, 5.41) is 8.82. The fourth-order valence-electron chi connectivity index (χ4n) is 1.36. The van der Waals surface area contributed by atoms with Crippen LogP contribution in [0.1, 0.15) is 16.2 Å². The van der Waals surface area contributed by atoms with Crippen LogP contribution < -0.4 is 0 Å². The average Bonchev–Trinajstić information content (AvgIpc) is 2.48. The van der Waals surface area contributed by atoms with Gasteiger partial charge in [-0.25, -0.2) is 4.79 Å². The molecule has 0 aliphatic carbocycles. The van der Waals surface area contributed by atoms with Gasteiger partial charge < -0.3 is 9.51 Å². The van der Waals surface area contributed by atoms with E-state index >= 15 is 0 Å². The Morgan fingerprint density at radius 1 is 1.54 bits per heavy atom. The molecule has 0 spiro atoms. The lowest BCUT2D eigenvalue weighted by Gasteiger charge is -1.99. The largest absolute Gasteiger partial charge is 0.477 e. The topological polar surface area (TPSA) is 54.6 Å². The van der Waals surface area contributed by atoms with E-state index in [9.17, 15) is 4.79 Å². The molecular formula is C9H8N2O2. The molecule has 0 fully saturated rings. The molecule has 0 bridgehead atoms. The van der Waals surface area contributed by atoms with E-state index < -0.39 is 5.97 Å². The highest BCUT2D eigenvalue weighted by molar-refractivity contribution is 5.87. The minimum absolute atomic E-state index is 0.264. The van der Waals surface area contributed by atoms with Gasteiger partial charge in [0.25, 0.3) is 0 Å². The van der Waals surface area contributed by atoms with Crippen molar-refractivity contribution < 1.29 is 9.90 Å². The summed E-state index contributed by atoms with van der Waals surface area (Å²) in [5.41, 5.74) is 1.93. The van der Waals surface area contributed by atoms with Gasteiger partial charge in [0.1, 0.15) is 5.69 Å². The summed E-state index contributed by atoms with van der Waals surface area (Å²) in [5.74, 6) is -0.925. The van der Waals surface area contributed by atoms with Crippen molar-refractivity contribution in [2.45, 2.75) is 6.92 Å². The number of hydrogen-bond donors (Lipinski definition) is 1. The second kappa shape index (κ2) is 2.58. The molecule has 0 radical (unpaired) electrons. The summed E-state index contributed by atoms with van der Waals surface area (Å²) in [4.78, 5) is 14.8. The van der Waals surface area contributed by atoms with Crippen LogP contribution in [0.2, 0.25) is 0 Å². The maximum Gasteiger partial charge on any atom is 0.352 e. The quantitative estimate of drug-likeness (QED) is 0.713. The lowest BCUT2D eigenvalue weighted by atomic mass is 10.4. The third kappa shape index (κ3) is 1.07. The molecule has 0 saturated carbocycles. The number of aromatic nitrogens is 2. The molecule has 0 saturated heterocycles. The number of carbonyl (C=O) groups is 1. The van der Waals surface area contributed by atoms with Crippen LogP contribution in [0.15, 0.2) is 24.5 Å². The Morgan fingerprint density at radius 3 is 3.00 bits per heavy atom. The summed E-state index contributed by atoms with van der Waals surface area (Å²) < 4.78 is 1.62. The first-order valence-electron chi connectivity index (χ1n) is 3.86. The molecule has 2 heterocycles. The number of aromatic carboxylic acids is 1. The maximum atomic E-state index is 10.7. The Morgan fingerprint density at radius 2 is 2.31 bits per heavy atom. The Hall–Kier alpha value is -1.84. The molecule has 0 aromatic carbocycles. The van der Waals surface area contributed by atoms with Gasteiger partial charge in [0.2, 0.25) is 0 Å². The van der Waals surface area contributed by atoms with Crippen molar-refractivity contribution in [1.82, 2.24) is 9.38 Å². The van der Waals surface area contributed by atoms with Crippen molar-refractivity contribution in [3.8, 4) is 0 Å². The normalized spacial score (nSPS) is 10.5. The van der Waals surface area contributed by atoms with Crippen LogP contribution >= 0.6 is 0 Å². The van der Waals surface area contributed by atoms with Gasteiger partial charge in [0.05, 0.1) is 11.2 Å². The van der Waals surface area contributed by atoms with Gasteiger partial charge in [-0.15, -0.1) is 0 Å². The summed E-state index contributed by atoms with van der Waals surface area (Å²) in [6, 6.07) is 3.33. The highest BCUT2D eigenvalue weighted by Crippen LogP contribution is 2.11. The van der Waals surface area contributed by atoms with E-state index in [0.29, 0.717) is 0 Å². The predicted molar refractivity (Wildman–Crippen MR) is 46.9 cm³/mol. The van der Waals surface area contributed by atoms with Crippen molar-refractivity contribution in [3.63, 3.8) is 0 Å². The fraction of sp³-hybridized carbons (Fsp3) is 0.111. The van der Waals surface area contributed by atoms with Gasteiger partial charge in [0, 0.05) is 12.4 Å². The molecule has 66 valence electrons. The third-order valence-electron chi connectivity index (χ3n) is 1.99. The van der Waals surface area contributed by atoms with Crippen molar-refractivity contribution in [2.24, 2.45) is 0 Å². The molecule has 0 unspecified atom stereocenters. The number of rotatable bonds is 1. The zero-order chi connectivity index (χ0) is 9.42. The molecule has 4 nitrogen and oxygen atoms in total. The van der Waals surface area contributed by atoms with Crippen LogP contribution in [0.3, 0.4) is 0 Å². The van der Waals surface area contributed by atoms with Crippen LogP contribution in [0, 0.1) is 6.92 Å². The van der Waals surface area contributed by atoms with E-state index in [2.05, 4.69) is 4.98 Å². The molecule has 2 aromatic rings. The summed E-state index contributed by atoms with van der Waals surface area (Å²) in [6.45, 7) is 1.85. The van der Waals surface area contributed by atoms with E-state index in [-0.39, 0.29) is 5.69 Å². The van der Waals surface area contributed by atoms with Gasteiger partial charge in [-0.05, 0) is 19.1 Å². The Labute approximate surface area is 74.5 Å². The Bertz CT molecular complexity index is 473. The lowest BCUT2D eigenvalue weighted by Crippen LogP contribution is -2.01. The summed E-state index contributed by atoms with van der Waals surface area (Å²) >= 11 is 0. The predicted octanol–water partition coefficient (Wildman–Crippen LogP) is 1.34. The van der Waals surface area contributed by atoms with E-state index in [1.807, 2.05) is 6.92 Å². The molecule has 0 aliphatic heterocycles. The number of carboxylic acid groups (broad SMARTS) is 1. The van der Waals surface area contributed by atoms with Crippen LogP contribution in [0.4, 0.5) is 0 Å². The smallest absolute Gasteiger partial charge is 0.352 e. The first-order chi connectivity index (χ1) is 6.20. The standard InChI is InChI=1S/C9H8N2O2/c1-6-7-2-3-8(9(12)13)11(7)5-4-10-6/h2-5H,1H3,(H,12,13). The molecule has 13 heavy (non-hydrogen) atoms. The van der Waals surface area contributed by atoms with Crippen molar-refractivity contribution in [3.05, 3.63) is 35.9 Å². The van der Waals surface area contributed by atoms with Gasteiger partial charge in [-0.2, -0.15) is 0 Å². The second-order valence-electron chi connectivity index (χ2n) is 2.79. The number of aryl methyl sites for hydroxylation is 1. The number of fused-ring (bicyclic) bond motifs is 1. The second-order valence-corrected chi connectivity index (χ2v) is 2.79. The molecule has 0 aliphatic rings. The molecule has 0 amide bonds. The zero-order valence-corrected chi connectivity index (χ0v) is 7.06. The van der Waals surface area contributed by atoms with Crippen LogP contribution in [-0.2, 0) is 0 Å². The lowest BCUT2D eigenvalue weighted by molar-refractivity contribution is 0.0689. The molecule has 2 rings (SSSR count). The van der Waals surface area contributed by atoms with E-state index in [4.69, 9.17) is 5.11 Å². The number of carboxylic acids is 1. The van der Waals surface area contributed by atoms with E-state index in [0.717, 1.165) is 11.2 Å². The number of nitrogens with zero attached hydrogens (tertiary/aromatic N) is 2. The van der Waals surface area contributed by atoms with Crippen LogP contribution in [0.25, 0.3) is 5.52 Å². The van der Waals surface area contributed by atoms with E-state index in [1.54, 1.807) is 28.9 Å².